The van der Waals surface area contributed by atoms with E-state index < -0.39 is 0 Å². The van der Waals surface area contributed by atoms with E-state index in [1.54, 1.807) is 16.7 Å². The summed E-state index contributed by atoms with van der Waals surface area (Å²) in [5, 5.41) is 13.7. The van der Waals surface area contributed by atoms with Crippen LogP contribution in [0.25, 0.3) is 4.96 Å². The predicted molar refractivity (Wildman–Crippen MR) is 92.1 cm³/mol. The number of morpholine rings is 1. The molecule has 1 aliphatic heterocycles. The highest BCUT2D eigenvalue weighted by Gasteiger charge is 2.31. The lowest BCUT2D eigenvalue weighted by Gasteiger charge is -2.32. The second kappa shape index (κ2) is 7.09. The highest BCUT2D eigenvalue weighted by Crippen LogP contribution is 2.23. The van der Waals surface area contributed by atoms with Crippen LogP contribution in [0.15, 0.2) is 11.6 Å². The zero-order valence-corrected chi connectivity index (χ0v) is 15.3. The van der Waals surface area contributed by atoms with E-state index in [2.05, 4.69) is 20.5 Å². The van der Waals surface area contributed by atoms with Gasteiger partial charge in [-0.15, -0.1) is 16.4 Å². The van der Waals surface area contributed by atoms with Crippen molar-refractivity contribution < 1.29 is 14.3 Å². The molecule has 0 bridgehead atoms. The van der Waals surface area contributed by atoms with Crippen molar-refractivity contribution in [1.29, 1.82) is 0 Å². The number of fused-ring (bicyclic) bond motifs is 1. The van der Waals surface area contributed by atoms with E-state index in [1.165, 1.54) is 11.3 Å². The molecule has 11 heteroatoms. The van der Waals surface area contributed by atoms with Gasteiger partial charge >= 0.3 is 0 Å². The number of ether oxygens (including phenoxy) is 2. The second-order valence-electron chi connectivity index (χ2n) is 5.97. The van der Waals surface area contributed by atoms with Crippen LogP contribution in [0.3, 0.4) is 0 Å². The van der Waals surface area contributed by atoms with Crippen LogP contribution >= 0.6 is 11.3 Å². The summed E-state index contributed by atoms with van der Waals surface area (Å²) >= 11 is 1.51. The maximum absolute atomic E-state index is 13.1. The van der Waals surface area contributed by atoms with E-state index in [4.69, 9.17) is 9.47 Å². The van der Waals surface area contributed by atoms with Crippen molar-refractivity contribution in [3.8, 4) is 0 Å². The number of hydrogen-bond donors (Lipinski definition) is 0. The number of imidazole rings is 1. The lowest BCUT2D eigenvalue weighted by Crippen LogP contribution is -2.43. The summed E-state index contributed by atoms with van der Waals surface area (Å²) in [6.45, 7) is 4.23. The predicted octanol–water partition coefficient (Wildman–Crippen LogP) is 0.551. The molecule has 3 aromatic heterocycles. The quantitative estimate of drug-likeness (QED) is 0.640. The Morgan fingerprint density at radius 1 is 1.50 bits per heavy atom. The van der Waals surface area contributed by atoms with Crippen LogP contribution in [0.5, 0.6) is 0 Å². The summed E-state index contributed by atoms with van der Waals surface area (Å²) < 4.78 is 14.4. The summed E-state index contributed by atoms with van der Waals surface area (Å²) in [5.41, 5.74) is 1.33. The lowest BCUT2D eigenvalue weighted by atomic mass is 10.2. The van der Waals surface area contributed by atoms with Crippen molar-refractivity contribution in [2.75, 3.05) is 33.4 Å². The van der Waals surface area contributed by atoms with Gasteiger partial charge in [0.15, 0.2) is 10.8 Å². The summed E-state index contributed by atoms with van der Waals surface area (Å²) in [7, 11) is 1.63. The van der Waals surface area contributed by atoms with Gasteiger partial charge in [0.1, 0.15) is 11.8 Å². The molecule has 26 heavy (non-hydrogen) atoms. The van der Waals surface area contributed by atoms with Gasteiger partial charge in [-0.2, -0.15) is 0 Å². The van der Waals surface area contributed by atoms with Gasteiger partial charge in [0, 0.05) is 25.2 Å². The molecule has 0 radical (unpaired) electrons. The van der Waals surface area contributed by atoms with Crippen molar-refractivity contribution in [2.24, 2.45) is 0 Å². The first kappa shape index (κ1) is 17.1. The SMILES string of the molecule is COCCn1nnnc1C1CN(C(=O)c2c(C)nc3sccn23)CCO1. The Morgan fingerprint density at radius 2 is 2.38 bits per heavy atom. The third kappa shape index (κ3) is 2.97. The van der Waals surface area contributed by atoms with Crippen LogP contribution in [0.1, 0.15) is 28.1 Å². The van der Waals surface area contributed by atoms with Gasteiger partial charge in [-0.1, -0.05) is 0 Å². The first-order valence-corrected chi connectivity index (χ1v) is 9.15. The lowest BCUT2D eigenvalue weighted by molar-refractivity contribution is -0.0294. The van der Waals surface area contributed by atoms with Crippen LogP contribution in [-0.4, -0.2) is 73.8 Å². The average molecular weight is 377 g/mol. The van der Waals surface area contributed by atoms with E-state index in [0.29, 0.717) is 44.4 Å². The van der Waals surface area contributed by atoms with Crippen molar-refractivity contribution in [1.82, 2.24) is 34.5 Å². The molecule has 138 valence electrons. The number of nitrogens with zero attached hydrogens (tertiary/aromatic N) is 7. The molecule has 0 N–H and O–H groups in total. The Balaban J connectivity index is 1.55. The topological polar surface area (TPSA) is 99.7 Å². The number of thiazole rings is 1. The number of rotatable bonds is 5. The third-order valence-electron chi connectivity index (χ3n) is 4.35. The smallest absolute Gasteiger partial charge is 0.272 e. The van der Waals surface area contributed by atoms with Crippen LogP contribution in [0.2, 0.25) is 0 Å². The Kier molecular flexibility index (Phi) is 4.66. The molecule has 0 spiro atoms. The Bertz CT molecular complexity index is 918. The number of aryl methyl sites for hydroxylation is 1. The molecule has 1 atom stereocenters. The first-order chi connectivity index (χ1) is 12.7. The van der Waals surface area contributed by atoms with Crippen molar-refractivity contribution in [3.63, 3.8) is 0 Å². The zero-order chi connectivity index (χ0) is 18.1. The van der Waals surface area contributed by atoms with E-state index in [1.807, 2.05) is 22.9 Å². The summed E-state index contributed by atoms with van der Waals surface area (Å²) in [4.78, 5) is 20.2. The number of carbonyl (C=O) groups excluding carboxylic acids is 1. The molecule has 4 heterocycles. The first-order valence-electron chi connectivity index (χ1n) is 8.27. The number of hydrogen-bond acceptors (Lipinski definition) is 8. The Labute approximate surface area is 153 Å². The monoisotopic (exact) mass is 377 g/mol. The molecule has 0 aliphatic carbocycles. The standard InChI is InChI=1S/C15H19N7O3S/c1-10-12(21-5-8-26-15(21)16-10)14(23)20-3-7-25-11(9-20)13-17-18-19-22(13)4-6-24-2/h5,8,11H,3-4,6-7,9H2,1-2H3. The number of methoxy groups -OCH3 is 1. The van der Waals surface area contributed by atoms with E-state index in [-0.39, 0.29) is 12.0 Å². The van der Waals surface area contributed by atoms with E-state index in [9.17, 15) is 4.79 Å². The summed E-state index contributed by atoms with van der Waals surface area (Å²) in [5.74, 6) is 0.544. The highest BCUT2D eigenvalue weighted by molar-refractivity contribution is 7.15. The van der Waals surface area contributed by atoms with Gasteiger partial charge in [-0.25, -0.2) is 9.67 Å². The largest absolute Gasteiger partial charge is 0.383 e. The number of tetrazole rings is 1. The minimum absolute atomic E-state index is 0.0578. The second-order valence-corrected chi connectivity index (χ2v) is 6.84. The van der Waals surface area contributed by atoms with Crippen molar-refractivity contribution in [3.05, 3.63) is 28.8 Å². The van der Waals surface area contributed by atoms with Crippen LogP contribution < -0.4 is 0 Å². The van der Waals surface area contributed by atoms with Crippen LogP contribution in [-0.2, 0) is 16.0 Å². The summed E-state index contributed by atoms with van der Waals surface area (Å²) in [6.07, 6.45) is 1.50. The molecule has 4 rings (SSSR count). The fraction of sp³-hybridized carbons (Fsp3) is 0.533. The zero-order valence-electron chi connectivity index (χ0n) is 14.5. The minimum atomic E-state index is -0.370. The van der Waals surface area contributed by atoms with E-state index in [0.717, 1.165) is 10.7 Å². The molecular formula is C15H19N7O3S. The van der Waals surface area contributed by atoms with Gasteiger partial charge in [0.2, 0.25) is 0 Å². The molecule has 1 fully saturated rings. The molecule has 1 amide bonds. The maximum Gasteiger partial charge on any atom is 0.272 e. The van der Waals surface area contributed by atoms with Gasteiger partial charge in [-0.05, 0) is 17.4 Å². The molecule has 1 aliphatic rings. The number of amides is 1. The highest BCUT2D eigenvalue weighted by atomic mass is 32.1. The van der Waals surface area contributed by atoms with Gasteiger partial charge in [-0.3, -0.25) is 9.20 Å². The van der Waals surface area contributed by atoms with Gasteiger partial charge in [0.05, 0.1) is 32.0 Å². The molecule has 3 aromatic rings. The van der Waals surface area contributed by atoms with Crippen LogP contribution in [0, 0.1) is 6.92 Å². The molecule has 1 unspecified atom stereocenters. The summed E-state index contributed by atoms with van der Waals surface area (Å²) in [6, 6.07) is 0. The Hall–Kier alpha value is -2.37. The van der Waals surface area contributed by atoms with Crippen molar-refractivity contribution >= 4 is 22.2 Å². The minimum Gasteiger partial charge on any atom is -0.383 e. The Morgan fingerprint density at radius 3 is 3.23 bits per heavy atom. The fourth-order valence-electron chi connectivity index (χ4n) is 3.07. The third-order valence-corrected chi connectivity index (χ3v) is 5.10. The maximum atomic E-state index is 13.1. The van der Waals surface area contributed by atoms with Gasteiger partial charge < -0.3 is 14.4 Å². The van der Waals surface area contributed by atoms with Crippen molar-refractivity contribution in [2.45, 2.75) is 19.6 Å². The molecular weight excluding hydrogens is 358 g/mol. The molecule has 10 nitrogen and oxygen atoms in total. The number of carbonyl (C=O) groups is 1. The molecule has 1 saturated heterocycles. The number of aromatic nitrogens is 6. The van der Waals surface area contributed by atoms with Gasteiger partial charge in [0.25, 0.3) is 5.91 Å². The average Bonchev–Trinajstić information content (AvgIpc) is 3.35. The van der Waals surface area contributed by atoms with Crippen LogP contribution in [0.4, 0.5) is 0 Å². The molecule has 0 aromatic carbocycles. The molecule has 0 saturated carbocycles. The fourth-order valence-corrected chi connectivity index (χ4v) is 3.83. The normalized spacial score (nSPS) is 17.9. The van der Waals surface area contributed by atoms with E-state index >= 15 is 0 Å².